The van der Waals surface area contributed by atoms with Crippen molar-refractivity contribution < 1.29 is 17.9 Å². The molecule has 0 aliphatic carbocycles. The van der Waals surface area contributed by atoms with Crippen molar-refractivity contribution in [1.82, 2.24) is 4.72 Å². The summed E-state index contributed by atoms with van der Waals surface area (Å²) in [5.74, 6) is -0.813. The van der Waals surface area contributed by atoms with Gasteiger partial charge < -0.3 is 4.74 Å². The van der Waals surface area contributed by atoms with E-state index in [1.165, 1.54) is 7.11 Å². The summed E-state index contributed by atoms with van der Waals surface area (Å²) in [6.45, 7) is -0.358. The number of hydrogen-bond acceptors (Lipinski definition) is 4. The molecule has 94 valence electrons. The van der Waals surface area contributed by atoms with Crippen LogP contribution in [0.15, 0.2) is 28.7 Å². The first-order valence-corrected chi connectivity index (χ1v) is 7.16. The van der Waals surface area contributed by atoms with Crippen LogP contribution in [0.1, 0.15) is 5.56 Å². The molecule has 0 amide bonds. The summed E-state index contributed by atoms with van der Waals surface area (Å²) in [7, 11) is -2.34. The van der Waals surface area contributed by atoms with Gasteiger partial charge in [0.15, 0.2) is 0 Å². The van der Waals surface area contributed by atoms with Crippen molar-refractivity contribution in [2.24, 2.45) is 0 Å². The third kappa shape index (κ3) is 4.84. The first-order valence-electron chi connectivity index (χ1n) is 4.72. The Morgan fingerprint density at radius 1 is 1.41 bits per heavy atom. The molecule has 0 aromatic heterocycles. The number of halogens is 1. The second-order valence-electron chi connectivity index (χ2n) is 3.25. The highest BCUT2D eigenvalue weighted by molar-refractivity contribution is 9.10. The molecule has 0 bridgehead atoms. The molecule has 0 saturated carbocycles. The maximum atomic E-state index is 11.6. The van der Waals surface area contributed by atoms with E-state index in [1.54, 1.807) is 24.3 Å². The van der Waals surface area contributed by atoms with E-state index in [9.17, 15) is 13.2 Å². The van der Waals surface area contributed by atoms with Crippen LogP contribution in [0.5, 0.6) is 0 Å². The Balaban J connectivity index is 2.67. The van der Waals surface area contributed by atoms with Gasteiger partial charge in [-0.1, -0.05) is 34.1 Å². The van der Waals surface area contributed by atoms with E-state index in [0.29, 0.717) is 10.0 Å². The van der Waals surface area contributed by atoms with Crippen molar-refractivity contribution in [3.63, 3.8) is 0 Å². The maximum Gasteiger partial charge on any atom is 0.320 e. The standard InChI is InChI=1S/C10H12BrNO4S/c1-16-10(13)6-12-17(14,15)7-8-4-2-3-5-9(8)11/h2-5,12H,6-7H2,1H3. The van der Waals surface area contributed by atoms with E-state index in [4.69, 9.17) is 0 Å². The van der Waals surface area contributed by atoms with Gasteiger partial charge in [-0.25, -0.2) is 13.1 Å². The number of hydrogen-bond donors (Lipinski definition) is 1. The average molecular weight is 322 g/mol. The van der Waals surface area contributed by atoms with E-state index in [0.717, 1.165) is 0 Å². The molecule has 1 aromatic carbocycles. The third-order valence-electron chi connectivity index (χ3n) is 1.97. The highest BCUT2D eigenvalue weighted by Crippen LogP contribution is 2.17. The van der Waals surface area contributed by atoms with Crippen molar-refractivity contribution >= 4 is 31.9 Å². The molecule has 0 aliphatic rings. The van der Waals surface area contributed by atoms with E-state index < -0.39 is 16.0 Å². The van der Waals surface area contributed by atoms with Crippen LogP contribution >= 0.6 is 15.9 Å². The molecule has 0 atom stereocenters. The Bertz CT molecular complexity index is 501. The molecule has 0 heterocycles. The van der Waals surface area contributed by atoms with E-state index in [2.05, 4.69) is 25.4 Å². The number of carbonyl (C=O) groups is 1. The van der Waals surface area contributed by atoms with Gasteiger partial charge in [-0.15, -0.1) is 0 Å². The molecule has 1 N–H and O–H groups in total. The lowest BCUT2D eigenvalue weighted by Gasteiger charge is -2.07. The van der Waals surface area contributed by atoms with Crippen molar-refractivity contribution in [1.29, 1.82) is 0 Å². The smallest absolute Gasteiger partial charge is 0.320 e. The van der Waals surface area contributed by atoms with Gasteiger partial charge in [0, 0.05) is 4.47 Å². The Labute approximate surface area is 108 Å². The van der Waals surface area contributed by atoms with Crippen molar-refractivity contribution in [3.8, 4) is 0 Å². The molecule has 7 heteroatoms. The van der Waals surface area contributed by atoms with Gasteiger partial charge in [-0.3, -0.25) is 4.79 Å². The van der Waals surface area contributed by atoms with Gasteiger partial charge in [-0.05, 0) is 11.6 Å². The fourth-order valence-electron chi connectivity index (χ4n) is 1.11. The zero-order valence-corrected chi connectivity index (χ0v) is 11.5. The predicted octanol–water partition coefficient (Wildman–Crippen LogP) is 1.04. The third-order valence-corrected chi connectivity index (χ3v) is 4.02. The summed E-state index contributed by atoms with van der Waals surface area (Å²) in [4.78, 5) is 10.8. The zero-order chi connectivity index (χ0) is 12.9. The number of sulfonamides is 1. The van der Waals surface area contributed by atoms with Crippen LogP contribution in [0.4, 0.5) is 0 Å². The van der Waals surface area contributed by atoms with Crippen molar-refractivity contribution in [2.75, 3.05) is 13.7 Å². The van der Waals surface area contributed by atoms with E-state index in [1.807, 2.05) is 0 Å². The largest absolute Gasteiger partial charge is 0.468 e. The normalized spacial score (nSPS) is 11.2. The summed E-state index contributed by atoms with van der Waals surface area (Å²) in [5, 5.41) is 0. The van der Waals surface area contributed by atoms with Crippen molar-refractivity contribution in [3.05, 3.63) is 34.3 Å². The molecule has 0 aliphatic heterocycles. The Hall–Kier alpha value is -0.920. The lowest BCUT2D eigenvalue weighted by atomic mass is 10.2. The van der Waals surface area contributed by atoms with Gasteiger partial charge in [0.05, 0.1) is 12.9 Å². The molecule has 0 spiro atoms. The molecular formula is C10H12BrNO4S. The number of rotatable bonds is 5. The van der Waals surface area contributed by atoms with Gasteiger partial charge in [0.2, 0.25) is 10.0 Å². The summed E-state index contributed by atoms with van der Waals surface area (Å²) in [5.41, 5.74) is 0.630. The predicted molar refractivity (Wildman–Crippen MR) is 66.8 cm³/mol. The van der Waals surface area contributed by atoms with Gasteiger partial charge in [0.1, 0.15) is 6.54 Å². The van der Waals surface area contributed by atoms with Gasteiger partial charge in [0.25, 0.3) is 0 Å². The minimum atomic E-state index is -3.54. The number of esters is 1. The number of methoxy groups -OCH3 is 1. The summed E-state index contributed by atoms with van der Waals surface area (Å²) in [6, 6.07) is 6.99. The van der Waals surface area contributed by atoms with Crippen LogP contribution in [-0.2, 0) is 25.3 Å². The fourth-order valence-corrected chi connectivity index (χ4v) is 2.82. The van der Waals surface area contributed by atoms with E-state index >= 15 is 0 Å². The molecular weight excluding hydrogens is 310 g/mol. The number of benzene rings is 1. The molecule has 0 saturated heterocycles. The Morgan fingerprint density at radius 3 is 2.65 bits per heavy atom. The topological polar surface area (TPSA) is 72.5 Å². The van der Waals surface area contributed by atoms with E-state index in [-0.39, 0.29) is 12.3 Å². The fraction of sp³-hybridized carbons (Fsp3) is 0.300. The molecule has 5 nitrogen and oxygen atoms in total. The molecule has 1 rings (SSSR count). The first-order chi connectivity index (χ1) is 7.94. The molecule has 0 unspecified atom stereocenters. The van der Waals surface area contributed by atoms with Crippen LogP contribution in [0.3, 0.4) is 0 Å². The summed E-state index contributed by atoms with van der Waals surface area (Å²) >= 11 is 3.26. The van der Waals surface area contributed by atoms with Crippen LogP contribution in [-0.4, -0.2) is 28.0 Å². The second kappa shape index (κ2) is 6.13. The van der Waals surface area contributed by atoms with Gasteiger partial charge in [-0.2, -0.15) is 0 Å². The lowest BCUT2D eigenvalue weighted by molar-refractivity contribution is -0.139. The Morgan fingerprint density at radius 2 is 2.06 bits per heavy atom. The molecule has 17 heavy (non-hydrogen) atoms. The Kier molecular flexibility index (Phi) is 5.10. The highest BCUT2D eigenvalue weighted by atomic mass is 79.9. The van der Waals surface area contributed by atoms with Crippen LogP contribution in [0.25, 0.3) is 0 Å². The van der Waals surface area contributed by atoms with Gasteiger partial charge >= 0.3 is 5.97 Å². The number of ether oxygens (including phenoxy) is 1. The summed E-state index contributed by atoms with van der Waals surface area (Å²) < 4.78 is 30.5. The quantitative estimate of drug-likeness (QED) is 0.822. The maximum absolute atomic E-state index is 11.6. The van der Waals surface area contributed by atoms with Crippen molar-refractivity contribution in [2.45, 2.75) is 5.75 Å². The van der Waals surface area contributed by atoms with Crippen LogP contribution < -0.4 is 4.72 Å². The monoisotopic (exact) mass is 321 g/mol. The highest BCUT2D eigenvalue weighted by Gasteiger charge is 2.14. The summed E-state index contributed by atoms with van der Waals surface area (Å²) in [6.07, 6.45) is 0. The average Bonchev–Trinajstić information content (AvgIpc) is 2.29. The molecule has 0 fully saturated rings. The lowest BCUT2D eigenvalue weighted by Crippen LogP contribution is -2.31. The first kappa shape index (κ1) is 14.1. The van der Waals surface area contributed by atoms with Crippen LogP contribution in [0.2, 0.25) is 0 Å². The second-order valence-corrected chi connectivity index (χ2v) is 5.91. The minimum Gasteiger partial charge on any atom is -0.468 e. The number of carbonyl (C=O) groups excluding carboxylic acids is 1. The molecule has 1 aromatic rings. The molecule has 0 radical (unpaired) electrons. The minimum absolute atomic E-state index is 0.189. The SMILES string of the molecule is COC(=O)CNS(=O)(=O)Cc1ccccc1Br. The zero-order valence-electron chi connectivity index (χ0n) is 9.14. The number of nitrogens with one attached hydrogen (secondary N) is 1. The van der Waals surface area contributed by atoms with Crippen LogP contribution in [0, 0.1) is 0 Å².